The molecule has 0 saturated heterocycles. The van der Waals surface area contributed by atoms with Gasteiger partial charge < -0.3 is 5.11 Å². The van der Waals surface area contributed by atoms with Gasteiger partial charge >= 0.3 is 0 Å². The number of aromatic hydroxyl groups is 1. The van der Waals surface area contributed by atoms with Gasteiger partial charge in [-0.25, -0.2) is 0 Å². The van der Waals surface area contributed by atoms with Crippen LogP contribution in [0.1, 0.15) is 24.0 Å². The summed E-state index contributed by atoms with van der Waals surface area (Å²) in [6.07, 6.45) is 0.629. The number of rotatable bonds is 3. The molecule has 1 fully saturated rings. The Morgan fingerprint density at radius 2 is 1.30 bits per heavy atom. The molecule has 33 heavy (non-hydrogen) atoms. The smallest absolute Gasteiger partial charge is 0.296 e. The van der Waals surface area contributed by atoms with E-state index in [4.69, 9.17) is 0 Å². The van der Waals surface area contributed by atoms with Gasteiger partial charge in [0.2, 0.25) is 0 Å². The van der Waals surface area contributed by atoms with Crippen LogP contribution in [0.4, 0.5) is 0 Å². The molecular formula is C19H10Br8O5S. The highest BCUT2D eigenvalue weighted by Crippen LogP contribution is 2.51. The molecule has 1 aliphatic rings. The predicted molar refractivity (Wildman–Crippen MR) is 156 cm³/mol. The molecule has 0 bridgehead atoms. The monoisotopic (exact) mass is 981 g/mol. The summed E-state index contributed by atoms with van der Waals surface area (Å²) in [6, 6.07) is 3.30. The maximum absolute atomic E-state index is 12.6. The first kappa shape index (κ1) is 29.0. The van der Waals surface area contributed by atoms with Crippen LogP contribution >= 0.6 is 127 Å². The SMILES string of the molecule is O=C1C(Br)CC(=C(c2cc(Br)c(O)c(Br)c2)c2c(Br)c(Br)c(Br)c(Br)c2S(=O)(=O)O)CC1Br. The van der Waals surface area contributed by atoms with Crippen molar-refractivity contribution in [3.63, 3.8) is 0 Å². The third-order valence-electron chi connectivity index (χ3n) is 4.86. The zero-order valence-electron chi connectivity index (χ0n) is 15.8. The number of hydrogen-bond donors (Lipinski definition) is 2. The molecule has 0 aliphatic heterocycles. The van der Waals surface area contributed by atoms with Gasteiger partial charge in [0.05, 0.1) is 23.1 Å². The minimum atomic E-state index is -4.71. The predicted octanol–water partition coefficient (Wildman–Crippen LogP) is 8.91. The van der Waals surface area contributed by atoms with Crippen LogP contribution in [0.25, 0.3) is 5.57 Å². The maximum atomic E-state index is 12.6. The molecule has 14 heteroatoms. The minimum Gasteiger partial charge on any atom is -0.506 e. The van der Waals surface area contributed by atoms with Gasteiger partial charge in [-0.15, -0.1) is 0 Å². The van der Waals surface area contributed by atoms with E-state index < -0.39 is 19.8 Å². The van der Waals surface area contributed by atoms with Crippen molar-refractivity contribution in [2.45, 2.75) is 27.4 Å². The first-order valence-electron chi connectivity index (χ1n) is 8.72. The number of alkyl halides is 2. The molecule has 0 heterocycles. The summed E-state index contributed by atoms with van der Waals surface area (Å²) < 4.78 is 37.6. The summed E-state index contributed by atoms with van der Waals surface area (Å²) >= 11 is 27.1. The van der Waals surface area contributed by atoms with Crippen molar-refractivity contribution in [1.82, 2.24) is 0 Å². The van der Waals surface area contributed by atoms with Crippen LogP contribution in [0, 0.1) is 0 Å². The molecule has 1 aliphatic carbocycles. The average Bonchev–Trinajstić information content (AvgIpc) is 2.71. The molecule has 1 saturated carbocycles. The molecule has 2 aromatic rings. The number of hydrogen-bond acceptors (Lipinski definition) is 4. The lowest BCUT2D eigenvalue weighted by atomic mass is 9.84. The maximum Gasteiger partial charge on any atom is 0.296 e. The number of allylic oxidation sites excluding steroid dienone is 1. The number of ketones is 1. The van der Waals surface area contributed by atoms with Crippen molar-refractivity contribution in [3.8, 4) is 5.75 Å². The van der Waals surface area contributed by atoms with Crippen molar-refractivity contribution in [2.75, 3.05) is 0 Å². The number of phenols is 1. The summed E-state index contributed by atoms with van der Waals surface area (Å²) in [5, 5.41) is 10.2. The van der Waals surface area contributed by atoms with E-state index in [1.807, 2.05) is 0 Å². The number of halogens is 8. The van der Waals surface area contributed by atoms with Crippen molar-refractivity contribution >= 4 is 149 Å². The standard InChI is InChI=1S/C19H10Br8O5S/c20-7-1-5(2-8(21)17(7)28)11(6-3-9(22)18(29)10(23)4-6)12-13(24)14(25)15(26)16(27)19(12)33(30,31)32/h1-2,9-10,28H,3-4H2,(H,30,31,32). The van der Waals surface area contributed by atoms with Gasteiger partial charge in [0.1, 0.15) is 10.6 Å². The van der Waals surface area contributed by atoms with Crippen molar-refractivity contribution in [2.24, 2.45) is 0 Å². The normalized spacial score (nSPS) is 19.2. The Morgan fingerprint density at radius 1 is 0.848 bits per heavy atom. The molecule has 2 unspecified atom stereocenters. The molecule has 2 N–H and O–H groups in total. The van der Waals surface area contributed by atoms with Crippen LogP contribution in [0.15, 0.2) is 49.4 Å². The topological polar surface area (TPSA) is 91.7 Å². The number of phenolic OH excluding ortho intramolecular Hbond substituents is 1. The van der Waals surface area contributed by atoms with E-state index in [-0.39, 0.29) is 26.5 Å². The highest BCUT2D eigenvalue weighted by atomic mass is 79.9. The van der Waals surface area contributed by atoms with Crippen molar-refractivity contribution < 1.29 is 22.9 Å². The van der Waals surface area contributed by atoms with E-state index >= 15 is 0 Å². The number of carbonyl (C=O) groups excluding carboxylic acids is 1. The summed E-state index contributed by atoms with van der Waals surface area (Å²) in [5.74, 6) is -0.0377. The van der Waals surface area contributed by atoms with Crippen LogP contribution in [0.3, 0.4) is 0 Å². The summed E-state index contributed by atoms with van der Waals surface area (Å²) in [6.45, 7) is 0. The van der Waals surface area contributed by atoms with E-state index in [0.717, 1.165) is 5.57 Å². The number of carbonyl (C=O) groups is 1. The molecule has 5 nitrogen and oxygen atoms in total. The Labute approximate surface area is 257 Å². The highest BCUT2D eigenvalue weighted by molar-refractivity contribution is 9.15. The Kier molecular flexibility index (Phi) is 9.67. The van der Waals surface area contributed by atoms with Gasteiger partial charge in [-0.2, -0.15) is 8.42 Å². The Hall–Kier alpha value is 1.40. The van der Waals surface area contributed by atoms with Gasteiger partial charge in [-0.05, 0) is 132 Å². The van der Waals surface area contributed by atoms with Gasteiger partial charge in [0, 0.05) is 19.0 Å². The fourth-order valence-corrected chi connectivity index (χ4v) is 10.4. The van der Waals surface area contributed by atoms with Crippen molar-refractivity contribution in [3.05, 3.63) is 55.7 Å². The van der Waals surface area contributed by atoms with Crippen LogP contribution < -0.4 is 0 Å². The van der Waals surface area contributed by atoms with Gasteiger partial charge in [-0.3, -0.25) is 9.35 Å². The third-order valence-corrected chi connectivity index (χ3v) is 13.6. The molecular weight excluding hydrogens is 980 g/mol. The molecule has 178 valence electrons. The molecule has 0 radical (unpaired) electrons. The van der Waals surface area contributed by atoms with E-state index in [2.05, 4.69) is 127 Å². The third kappa shape index (κ3) is 5.79. The van der Waals surface area contributed by atoms with Crippen molar-refractivity contribution in [1.29, 1.82) is 0 Å². The van der Waals surface area contributed by atoms with E-state index in [1.165, 1.54) is 0 Å². The second-order valence-electron chi connectivity index (χ2n) is 6.95. The molecule has 0 amide bonds. The summed E-state index contributed by atoms with van der Waals surface area (Å²) in [7, 11) is -4.71. The molecule has 2 aromatic carbocycles. The van der Waals surface area contributed by atoms with Gasteiger partial charge in [-0.1, -0.05) is 37.4 Å². The van der Waals surface area contributed by atoms with Crippen LogP contribution in [-0.2, 0) is 14.9 Å². The largest absolute Gasteiger partial charge is 0.506 e. The highest BCUT2D eigenvalue weighted by Gasteiger charge is 2.36. The van der Waals surface area contributed by atoms with Crippen LogP contribution in [-0.4, -0.2) is 33.5 Å². The first-order chi connectivity index (χ1) is 15.2. The molecule has 0 spiro atoms. The summed E-state index contributed by atoms with van der Waals surface area (Å²) in [5.41, 5.74) is 2.02. The van der Waals surface area contributed by atoms with Gasteiger partial charge in [0.15, 0.2) is 5.78 Å². The quantitative estimate of drug-likeness (QED) is 0.139. The molecule has 0 aromatic heterocycles. The lowest BCUT2D eigenvalue weighted by Crippen LogP contribution is -2.30. The molecule has 2 atom stereocenters. The molecule has 3 rings (SSSR count). The number of benzene rings is 2. The second kappa shape index (κ2) is 11.0. The van der Waals surface area contributed by atoms with E-state index in [9.17, 15) is 22.9 Å². The van der Waals surface area contributed by atoms with Crippen LogP contribution in [0.5, 0.6) is 5.75 Å². The zero-order chi connectivity index (χ0) is 25.0. The minimum absolute atomic E-state index is 0.0154. The Morgan fingerprint density at radius 3 is 1.76 bits per heavy atom. The Balaban J connectivity index is 2.56. The fourth-order valence-electron chi connectivity index (χ4n) is 3.43. The number of Topliss-reactive ketones (excluding diaryl/α,β-unsaturated/α-hetero) is 1. The first-order valence-corrected chi connectivity index (χ1v) is 16.8. The second-order valence-corrected chi connectivity index (χ2v) is 15.4. The summed E-state index contributed by atoms with van der Waals surface area (Å²) in [4.78, 5) is 11.1. The van der Waals surface area contributed by atoms with Gasteiger partial charge in [0.25, 0.3) is 10.1 Å². The fraction of sp³-hybridized carbons (Fsp3) is 0.211. The zero-order valence-corrected chi connectivity index (χ0v) is 29.3. The lowest BCUT2D eigenvalue weighted by Gasteiger charge is -2.28. The average molecular weight is 990 g/mol. The lowest BCUT2D eigenvalue weighted by molar-refractivity contribution is -0.118. The Bertz CT molecular complexity index is 1280. The van der Waals surface area contributed by atoms with E-state index in [0.29, 0.717) is 46.3 Å². The van der Waals surface area contributed by atoms with E-state index in [1.54, 1.807) is 12.1 Å². The van der Waals surface area contributed by atoms with Crippen LogP contribution in [0.2, 0.25) is 0 Å².